The van der Waals surface area contributed by atoms with Crippen molar-refractivity contribution in [2.45, 2.75) is 0 Å². The Morgan fingerprint density at radius 3 is 1.81 bits per heavy atom. The summed E-state index contributed by atoms with van der Waals surface area (Å²) in [5.74, 6) is 0. The Hall–Kier alpha value is -5.24. The molecule has 0 bridgehead atoms. The van der Waals surface area contributed by atoms with E-state index < -0.39 is 0 Å². The summed E-state index contributed by atoms with van der Waals surface area (Å²) < 4.78 is 10.6. The summed E-state index contributed by atoms with van der Waals surface area (Å²) in [6, 6.07) is 55.3. The van der Waals surface area contributed by atoms with Crippen molar-refractivity contribution in [3.8, 4) is 33.4 Å². The van der Waals surface area contributed by atoms with Crippen LogP contribution in [-0.2, 0) is 0 Å². The molecule has 0 aliphatic carbocycles. The van der Waals surface area contributed by atoms with Gasteiger partial charge in [0.05, 0.1) is 1.37 Å². The van der Waals surface area contributed by atoms with Crippen LogP contribution in [-0.4, -0.2) is 0 Å². The van der Waals surface area contributed by atoms with Crippen molar-refractivity contribution >= 4 is 63.8 Å². The lowest BCUT2D eigenvalue weighted by Crippen LogP contribution is -1.91. The number of thiophene rings is 1. The Kier molecular flexibility index (Phi) is 5.24. The highest BCUT2D eigenvalue weighted by molar-refractivity contribution is 7.25. The molecule has 0 radical (unpaired) electrons. The van der Waals surface area contributed by atoms with Gasteiger partial charge in [-0.15, -0.1) is 11.3 Å². The second kappa shape index (κ2) is 9.66. The first-order chi connectivity index (χ1) is 21.7. The van der Waals surface area contributed by atoms with Crippen molar-refractivity contribution in [2.75, 3.05) is 0 Å². The van der Waals surface area contributed by atoms with Gasteiger partial charge in [0.2, 0.25) is 0 Å². The van der Waals surface area contributed by atoms with E-state index in [1.165, 1.54) is 75.1 Å². The maximum atomic E-state index is 7.99. The molecule has 43 heavy (non-hydrogen) atoms. The molecule has 8 aromatic carbocycles. The molecule has 1 heteroatoms. The van der Waals surface area contributed by atoms with Crippen molar-refractivity contribution in [3.05, 3.63) is 158 Å². The van der Waals surface area contributed by atoms with Gasteiger partial charge < -0.3 is 0 Å². The summed E-state index contributed by atoms with van der Waals surface area (Å²) in [5, 5.41) is 9.97. The van der Waals surface area contributed by atoms with Crippen LogP contribution in [0.5, 0.6) is 0 Å². The van der Waals surface area contributed by atoms with Crippen LogP contribution >= 0.6 is 11.3 Å². The van der Waals surface area contributed by atoms with E-state index in [1.54, 1.807) is 0 Å². The van der Waals surface area contributed by atoms with Crippen molar-refractivity contribution in [2.24, 2.45) is 0 Å². The van der Waals surface area contributed by atoms with Crippen molar-refractivity contribution in [1.82, 2.24) is 0 Å². The van der Waals surface area contributed by atoms with E-state index >= 15 is 0 Å². The number of benzene rings is 8. The molecule has 0 saturated carbocycles. The van der Waals surface area contributed by atoms with Crippen molar-refractivity contribution in [3.63, 3.8) is 0 Å². The first-order valence-corrected chi connectivity index (χ1v) is 15.5. The van der Waals surface area contributed by atoms with Crippen LogP contribution in [0.4, 0.5) is 0 Å². The van der Waals surface area contributed by atoms with E-state index in [1.807, 2.05) is 29.5 Å². The fourth-order valence-electron chi connectivity index (χ4n) is 6.87. The summed E-state index contributed by atoms with van der Waals surface area (Å²) in [7, 11) is 0. The van der Waals surface area contributed by atoms with Crippen molar-refractivity contribution in [1.29, 1.82) is 0 Å². The van der Waals surface area contributed by atoms with E-state index in [0.29, 0.717) is 6.04 Å². The molecule has 0 unspecified atom stereocenters. The molecule has 200 valence electrons. The molecule has 1 aromatic heterocycles. The number of rotatable bonds is 3. The fraction of sp³-hybridized carbons (Fsp3) is 0. The van der Waals surface area contributed by atoms with Crippen LogP contribution in [0, 0.1) is 0 Å². The number of fused-ring (bicyclic) bond motifs is 6. The third kappa shape index (κ3) is 3.82. The predicted molar refractivity (Wildman–Crippen MR) is 188 cm³/mol. The summed E-state index contributed by atoms with van der Waals surface area (Å²) >= 11 is 1.87. The lowest BCUT2D eigenvalue weighted by molar-refractivity contribution is 1.63. The van der Waals surface area contributed by atoms with E-state index in [4.69, 9.17) is 1.37 Å². The first kappa shape index (κ1) is 23.3. The molecule has 9 aromatic rings. The second-order valence-corrected chi connectivity index (χ2v) is 12.3. The molecule has 0 N–H and O–H groups in total. The molecule has 0 saturated heterocycles. The minimum atomic E-state index is 0.540. The lowest BCUT2D eigenvalue weighted by Gasteiger charge is -2.19. The molecule has 0 amide bonds. The van der Waals surface area contributed by atoms with E-state index in [-0.39, 0.29) is 0 Å². The molecule has 1 heterocycles. The zero-order valence-corrected chi connectivity index (χ0v) is 24.2. The minimum absolute atomic E-state index is 0.540. The average molecular weight is 564 g/mol. The Bertz CT molecular complexity index is 2510. The largest absolute Gasteiger partial charge is 0.135 e. The van der Waals surface area contributed by atoms with E-state index in [0.717, 1.165) is 10.8 Å². The Balaban J connectivity index is 1.32. The van der Waals surface area contributed by atoms with Gasteiger partial charge in [-0.2, -0.15) is 0 Å². The van der Waals surface area contributed by atoms with Gasteiger partial charge in [0.1, 0.15) is 0 Å². The van der Waals surface area contributed by atoms with Crippen LogP contribution in [0.25, 0.3) is 85.9 Å². The molecule has 0 spiro atoms. The topological polar surface area (TPSA) is 0 Å². The highest BCUT2D eigenvalue weighted by Gasteiger charge is 2.19. The molecular formula is C42H26S. The predicted octanol–water partition coefficient (Wildman–Crippen LogP) is 12.5. The fourth-order valence-corrected chi connectivity index (χ4v) is 8.00. The summed E-state index contributed by atoms with van der Waals surface area (Å²) in [4.78, 5) is 0. The first-order valence-electron chi connectivity index (χ1n) is 15.2. The molecule has 0 aliphatic rings. The van der Waals surface area contributed by atoms with Gasteiger partial charge in [0, 0.05) is 20.2 Å². The van der Waals surface area contributed by atoms with Crippen LogP contribution in [0.15, 0.2) is 158 Å². The normalized spacial score (nSPS) is 12.0. The molecule has 0 fully saturated rings. The van der Waals surface area contributed by atoms with E-state index in [9.17, 15) is 0 Å². The van der Waals surface area contributed by atoms with Gasteiger partial charge in [-0.1, -0.05) is 133 Å². The maximum Gasteiger partial charge on any atom is 0.0623 e. The zero-order chi connectivity index (χ0) is 29.2. The van der Waals surface area contributed by atoms with Gasteiger partial charge in [0.25, 0.3) is 0 Å². The smallest absolute Gasteiger partial charge is 0.0623 e. The molecule has 0 atom stereocenters. The molecule has 9 rings (SSSR count). The Morgan fingerprint density at radius 2 is 1.02 bits per heavy atom. The van der Waals surface area contributed by atoms with E-state index in [2.05, 4.69) is 133 Å². The maximum absolute atomic E-state index is 7.99. The summed E-state index contributed by atoms with van der Waals surface area (Å²) in [6.45, 7) is 0. The van der Waals surface area contributed by atoms with Gasteiger partial charge in [0.15, 0.2) is 0 Å². The quantitative estimate of drug-likeness (QED) is 0.188. The standard InChI is InChI=1S/C42H26S/c1-2-12-28-25-30(24-23-27(28)11-1)29-13-9-14-31(26-29)40-32-15-3-5-17-34(32)41(35-18-6-4-16-33(35)40)37-20-10-22-39-42(37)36-19-7-8-21-38(36)43-39/h1-26H/i1D. The van der Waals surface area contributed by atoms with Crippen LogP contribution in [0.3, 0.4) is 0 Å². The monoisotopic (exact) mass is 563 g/mol. The second-order valence-electron chi connectivity index (χ2n) is 11.2. The SMILES string of the molecule is [2H]c1ccc2cc(-c3cccc(-c4c5ccccc5c(-c5cccc6sc7ccccc7c56)c5ccccc45)c3)ccc2c1. The van der Waals surface area contributed by atoms with Gasteiger partial charge >= 0.3 is 0 Å². The summed E-state index contributed by atoms with van der Waals surface area (Å²) in [6.07, 6.45) is 0. The van der Waals surface area contributed by atoms with Gasteiger partial charge in [-0.25, -0.2) is 0 Å². The Labute approximate surface area is 255 Å². The highest BCUT2D eigenvalue weighted by Crippen LogP contribution is 2.48. The third-order valence-corrected chi connectivity index (χ3v) is 9.91. The Morgan fingerprint density at radius 1 is 0.395 bits per heavy atom. The summed E-state index contributed by atoms with van der Waals surface area (Å²) in [5.41, 5.74) is 7.43. The third-order valence-electron chi connectivity index (χ3n) is 8.77. The molecule has 0 aliphatic heterocycles. The molecular weight excluding hydrogens is 537 g/mol. The van der Waals surface area contributed by atoms with Gasteiger partial charge in [-0.3, -0.25) is 0 Å². The highest BCUT2D eigenvalue weighted by atomic mass is 32.1. The lowest BCUT2D eigenvalue weighted by atomic mass is 9.84. The number of hydrogen-bond donors (Lipinski definition) is 0. The van der Waals surface area contributed by atoms with Crippen LogP contribution in [0.1, 0.15) is 1.37 Å². The van der Waals surface area contributed by atoms with Gasteiger partial charge in [-0.05, 0) is 90.0 Å². The van der Waals surface area contributed by atoms with Crippen molar-refractivity contribution < 1.29 is 1.37 Å². The zero-order valence-electron chi connectivity index (χ0n) is 24.3. The van der Waals surface area contributed by atoms with Crippen LogP contribution in [0.2, 0.25) is 0 Å². The molecule has 0 nitrogen and oxygen atoms in total. The minimum Gasteiger partial charge on any atom is -0.135 e. The average Bonchev–Trinajstić information content (AvgIpc) is 3.46. The number of hydrogen-bond acceptors (Lipinski definition) is 1. The van der Waals surface area contributed by atoms with Crippen LogP contribution < -0.4 is 0 Å².